The summed E-state index contributed by atoms with van der Waals surface area (Å²) >= 11 is 0. The monoisotopic (exact) mass is 294 g/mol. The van der Waals surface area contributed by atoms with Crippen LogP contribution in [0.4, 0.5) is 5.69 Å². The minimum Gasteiger partial charge on any atom is -0.382 e. The number of amides is 1. The Bertz CT molecular complexity index is 492. The van der Waals surface area contributed by atoms with E-state index < -0.39 is 10.8 Å². The fourth-order valence-corrected chi connectivity index (χ4v) is 3.62. The van der Waals surface area contributed by atoms with E-state index in [0.717, 1.165) is 18.5 Å². The number of carbonyl (C=O) groups is 1. The molecular formula is C15H22N2O2S. The summed E-state index contributed by atoms with van der Waals surface area (Å²) in [5.41, 5.74) is 1.53. The van der Waals surface area contributed by atoms with Crippen molar-refractivity contribution in [1.29, 1.82) is 0 Å². The highest BCUT2D eigenvalue weighted by molar-refractivity contribution is 7.85. The molecule has 0 radical (unpaired) electrons. The van der Waals surface area contributed by atoms with Gasteiger partial charge in [0.25, 0.3) is 5.91 Å². The summed E-state index contributed by atoms with van der Waals surface area (Å²) in [5.74, 6) is 1.33. The number of hydrogen-bond donors (Lipinski definition) is 2. The molecular weight excluding hydrogens is 272 g/mol. The van der Waals surface area contributed by atoms with Gasteiger partial charge in [-0.3, -0.25) is 9.00 Å². The van der Waals surface area contributed by atoms with Crippen LogP contribution in [0.25, 0.3) is 0 Å². The topological polar surface area (TPSA) is 58.2 Å². The van der Waals surface area contributed by atoms with Gasteiger partial charge in [0.2, 0.25) is 0 Å². The van der Waals surface area contributed by atoms with Crippen LogP contribution in [0.15, 0.2) is 24.3 Å². The van der Waals surface area contributed by atoms with Crippen molar-refractivity contribution in [1.82, 2.24) is 5.32 Å². The Balaban J connectivity index is 2.03. The van der Waals surface area contributed by atoms with Crippen LogP contribution < -0.4 is 10.6 Å². The summed E-state index contributed by atoms with van der Waals surface area (Å²) in [6, 6.07) is 7.97. The predicted octanol–water partition coefficient (Wildman–Crippen LogP) is 2.15. The van der Waals surface area contributed by atoms with Crippen molar-refractivity contribution in [3.8, 4) is 0 Å². The zero-order valence-electron chi connectivity index (χ0n) is 12.0. The molecule has 5 heteroatoms. The largest absolute Gasteiger partial charge is 0.382 e. The SMILES string of the molecule is CC(C)Nc1ccccc1C(=O)NC1CCS(=O)CC1. The molecule has 1 aromatic rings. The number of rotatable bonds is 4. The van der Waals surface area contributed by atoms with Crippen molar-refractivity contribution in [2.24, 2.45) is 0 Å². The van der Waals surface area contributed by atoms with Crippen molar-refractivity contribution < 1.29 is 9.00 Å². The number of benzene rings is 1. The maximum atomic E-state index is 12.4. The van der Waals surface area contributed by atoms with Gasteiger partial charge in [0.05, 0.1) is 5.56 Å². The van der Waals surface area contributed by atoms with Gasteiger partial charge in [-0.05, 0) is 38.8 Å². The summed E-state index contributed by atoms with van der Waals surface area (Å²) in [4.78, 5) is 12.4. The minimum atomic E-state index is -0.696. The number of carbonyl (C=O) groups excluding carboxylic acids is 1. The first-order chi connectivity index (χ1) is 9.56. The van der Waals surface area contributed by atoms with E-state index in [0.29, 0.717) is 17.1 Å². The Morgan fingerprint density at radius 2 is 1.90 bits per heavy atom. The van der Waals surface area contributed by atoms with Gasteiger partial charge in [0, 0.05) is 40.1 Å². The quantitative estimate of drug-likeness (QED) is 0.894. The Morgan fingerprint density at radius 1 is 1.25 bits per heavy atom. The van der Waals surface area contributed by atoms with E-state index in [9.17, 15) is 9.00 Å². The zero-order valence-corrected chi connectivity index (χ0v) is 12.8. The molecule has 4 nitrogen and oxygen atoms in total. The molecule has 1 aliphatic heterocycles. The third kappa shape index (κ3) is 4.07. The molecule has 110 valence electrons. The molecule has 1 amide bonds. The molecule has 0 unspecified atom stereocenters. The Kier molecular flexibility index (Phi) is 5.17. The van der Waals surface area contributed by atoms with Crippen LogP contribution in [0.1, 0.15) is 37.0 Å². The Hall–Kier alpha value is -1.36. The van der Waals surface area contributed by atoms with Crippen LogP contribution in [-0.4, -0.2) is 33.7 Å². The van der Waals surface area contributed by atoms with Gasteiger partial charge in [0.15, 0.2) is 0 Å². The molecule has 2 rings (SSSR count). The molecule has 1 fully saturated rings. The average Bonchev–Trinajstić information content (AvgIpc) is 2.41. The predicted molar refractivity (Wildman–Crippen MR) is 83.6 cm³/mol. The lowest BCUT2D eigenvalue weighted by molar-refractivity contribution is 0.0935. The van der Waals surface area contributed by atoms with Crippen molar-refractivity contribution in [2.45, 2.75) is 38.8 Å². The fourth-order valence-electron chi connectivity index (χ4n) is 2.32. The van der Waals surface area contributed by atoms with Crippen molar-refractivity contribution in [3.63, 3.8) is 0 Å². The maximum absolute atomic E-state index is 12.4. The standard InChI is InChI=1S/C15H22N2O2S/c1-11(2)16-14-6-4-3-5-13(14)15(18)17-12-7-9-20(19)10-8-12/h3-6,11-12,16H,7-10H2,1-2H3,(H,17,18). The second kappa shape index (κ2) is 6.88. The van der Waals surface area contributed by atoms with Gasteiger partial charge in [-0.2, -0.15) is 0 Å². The summed E-state index contributed by atoms with van der Waals surface area (Å²) in [6.45, 7) is 4.09. The van der Waals surface area contributed by atoms with E-state index in [1.807, 2.05) is 38.1 Å². The highest BCUT2D eigenvalue weighted by Gasteiger charge is 2.21. The maximum Gasteiger partial charge on any atom is 0.253 e. The van der Waals surface area contributed by atoms with E-state index in [-0.39, 0.29) is 18.0 Å². The van der Waals surface area contributed by atoms with Crippen LogP contribution in [0, 0.1) is 0 Å². The summed E-state index contributed by atoms with van der Waals surface area (Å²) in [6.07, 6.45) is 1.61. The van der Waals surface area contributed by atoms with Gasteiger partial charge in [-0.1, -0.05) is 12.1 Å². The number of anilines is 1. The van der Waals surface area contributed by atoms with E-state index in [2.05, 4.69) is 10.6 Å². The molecule has 1 aromatic carbocycles. The third-order valence-corrected chi connectivity index (χ3v) is 4.72. The number of nitrogens with one attached hydrogen (secondary N) is 2. The van der Waals surface area contributed by atoms with Gasteiger partial charge >= 0.3 is 0 Å². The first kappa shape index (κ1) is 15.0. The van der Waals surface area contributed by atoms with Gasteiger partial charge in [-0.25, -0.2) is 0 Å². The smallest absolute Gasteiger partial charge is 0.253 e. The molecule has 0 atom stereocenters. The summed E-state index contributed by atoms with van der Waals surface area (Å²) in [5, 5.41) is 6.35. The molecule has 0 spiro atoms. The van der Waals surface area contributed by atoms with Crippen LogP contribution in [0.5, 0.6) is 0 Å². The van der Waals surface area contributed by atoms with Crippen LogP contribution in [0.3, 0.4) is 0 Å². The lowest BCUT2D eigenvalue weighted by Gasteiger charge is -2.23. The lowest BCUT2D eigenvalue weighted by atomic mass is 10.1. The minimum absolute atomic E-state index is 0.0496. The van der Waals surface area contributed by atoms with E-state index in [4.69, 9.17) is 0 Å². The van der Waals surface area contributed by atoms with Crippen LogP contribution >= 0.6 is 0 Å². The second-order valence-corrected chi connectivity index (χ2v) is 7.14. The molecule has 1 saturated heterocycles. The first-order valence-corrected chi connectivity index (χ1v) is 8.56. The number of para-hydroxylation sites is 1. The Labute approximate surface area is 122 Å². The molecule has 0 aliphatic carbocycles. The van der Waals surface area contributed by atoms with Crippen molar-refractivity contribution in [2.75, 3.05) is 16.8 Å². The van der Waals surface area contributed by atoms with Crippen LogP contribution in [-0.2, 0) is 10.8 Å². The highest BCUT2D eigenvalue weighted by atomic mass is 32.2. The van der Waals surface area contributed by atoms with Crippen molar-refractivity contribution in [3.05, 3.63) is 29.8 Å². The molecule has 2 N–H and O–H groups in total. The van der Waals surface area contributed by atoms with E-state index >= 15 is 0 Å². The van der Waals surface area contributed by atoms with Crippen LogP contribution in [0.2, 0.25) is 0 Å². The van der Waals surface area contributed by atoms with Crippen molar-refractivity contribution >= 4 is 22.4 Å². The zero-order chi connectivity index (χ0) is 14.5. The van der Waals surface area contributed by atoms with Gasteiger partial charge in [-0.15, -0.1) is 0 Å². The molecule has 0 aromatic heterocycles. The lowest BCUT2D eigenvalue weighted by Crippen LogP contribution is -2.39. The fraction of sp³-hybridized carbons (Fsp3) is 0.533. The molecule has 0 saturated carbocycles. The Morgan fingerprint density at radius 3 is 2.55 bits per heavy atom. The number of hydrogen-bond acceptors (Lipinski definition) is 3. The van der Waals surface area contributed by atoms with E-state index in [1.54, 1.807) is 0 Å². The third-order valence-electron chi connectivity index (χ3n) is 3.34. The summed E-state index contributed by atoms with van der Waals surface area (Å²) < 4.78 is 11.3. The molecule has 1 aliphatic rings. The molecule has 0 bridgehead atoms. The highest BCUT2D eigenvalue weighted by Crippen LogP contribution is 2.17. The molecule has 1 heterocycles. The second-order valence-electron chi connectivity index (χ2n) is 5.44. The average molecular weight is 294 g/mol. The normalized spacial score (nSPS) is 22.6. The summed E-state index contributed by atoms with van der Waals surface area (Å²) in [7, 11) is -0.696. The van der Waals surface area contributed by atoms with E-state index in [1.165, 1.54) is 0 Å². The van der Waals surface area contributed by atoms with Gasteiger partial charge in [0.1, 0.15) is 0 Å². The van der Waals surface area contributed by atoms with Gasteiger partial charge < -0.3 is 10.6 Å². The first-order valence-electron chi connectivity index (χ1n) is 7.07. The molecule has 20 heavy (non-hydrogen) atoms.